The second kappa shape index (κ2) is 6.69. The van der Waals surface area contributed by atoms with Gasteiger partial charge in [-0.1, -0.05) is 26.0 Å². The number of allylic oxidation sites excluding steroid dienone is 2. The van der Waals surface area contributed by atoms with Crippen LogP contribution in [0.2, 0.25) is 0 Å². The van der Waals surface area contributed by atoms with Crippen molar-refractivity contribution in [3.8, 4) is 0 Å². The molecule has 2 heterocycles. The van der Waals surface area contributed by atoms with E-state index in [9.17, 15) is 9.59 Å². The normalized spacial score (nSPS) is 20.4. The maximum absolute atomic E-state index is 13.1. The van der Waals surface area contributed by atoms with E-state index in [-0.39, 0.29) is 22.7 Å². The van der Waals surface area contributed by atoms with E-state index in [1.807, 2.05) is 0 Å². The average molecular weight is 380 g/mol. The number of hydrogen-bond donors (Lipinski definition) is 3. The van der Waals surface area contributed by atoms with Crippen molar-refractivity contribution in [2.45, 2.75) is 46.5 Å². The topological polar surface area (TPSA) is 81.0 Å². The van der Waals surface area contributed by atoms with E-state index in [0.717, 1.165) is 42.0 Å². The van der Waals surface area contributed by atoms with Crippen molar-refractivity contribution >= 4 is 17.3 Å². The standard InChI is InChI=1S/C22H28N4O2/c1-5-26(6-2)14-9-7-13(8-10-14)17-18-15(11-22(3,4)12-16(18)27)23-20-19(17)21(28)25-24-20/h7-10,17H,5-6,11-12H2,1-4H3,(H3,23,24,25,28). The van der Waals surface area contributed by atoms with Crippen LogP contribution in [0.25, 0.3) is 0 Å². The molecule has 6 nitrogen and oxygen atoms in total. The first-order chi connectivity index (χ1) is 13.3. The van der Waals surface area contributed by atoms with Crippen LogP contribution in [0.1, 0.15) is 57.6 Å². The Morgan fingerprint density at radius 3 is 2.36 bits per heavy atom. The summed E-state index contributed by atoms with van der Waals surface area (Å²) in [6.07, 6.45) is 1.29. The molecule has 28 heavy (non-hydrogen) atoms. The van der Waals surface area contributed by atoms with Crippen LogP contribution in [0.3, 0.4) is 0 Å². The van der Waals surface area contributed by atoms with Crippen molar-refractivity contribution in [1.29, 1.82) is 0 Å². The molecular weight excluding hydrogens is 352 g/mol. The third-order valence-electron chi connectivity index (χ3n) is 5.94. The zero-order valence-electron chi connectivity index (χ0n) is 17.0. The molecular formula is C22H28N4O2. The molecule has 0 fully saturated rings. The van der Waals surface area contributed by atoms with Crippen molar-refractivity contribution in [3.63, 3.8) is 0 Å². The third kappa shape index (κ3) is 2.97. The van der Waals surface area contributed by atoms with Gasteiger partial charge in [-0.2, -0.15) is 0 Å². The Kier molecular flexibility index (Phi) is 4.44. The fourth-order valence-corrected chi connectivity index (χ4v) is 4.62. The molecule has 0 saturated carbocycles. The number of nitrogens with one attached hydrogen (secondary N) is 3. The number of Topliss-reactive ketones (excluding diaryl/α,β-unsaturated/α-hetero) is 1. The van der Waals surface area contributed by atoms with Crippen LogP contribution < -0.4 is 15.8 Å². The fourth-order valence-electron chi connectivity index (χ4n) is 4.62. The number of hydrogen-bond acceptors (Lipinski definition) is 4. The van der Waals surface area contributed by atoms with Gasteiger partial charge >= 0.3 is 0 Å². The van der Waals surface area contributed by atoms with E-state index in [2.05, 4.69) is 72.4 Å². The van der Waals surface area contributed by atoms with Crippen molar-refractivity contribution in [2.75, 3.05) is 23.3 Å². The number of benzene rings is 1. The highest BCUT2D eigenvalue weighted by Crippen LogP contribution is 2.47. The summed E-state index contributed by atoms with van der Waals surface area (Å²) in [4.78, 5) is 27.9. The Morgan fingerprint density at radius 1 is 1.04 bits per heavy atom. The van der Waals surface area contributed by atoms with E-state index >= 15 is 0 Å². The number of carbonyl (C=O) groups excluding carboxylic acids is 1. The summed E-state index contributed by atoms with van der Waals surface area (Å²) in [5.41, 5.74) is 4.13. The molecule has 6 heteroatoms. The predicted molar refractivity (Wildman–Crippen MR) is 112 cm³/mol. The highest BCUT2D eigenvalue weighted by Gasteiger charge is 2.42. The fraction of sp³-hybridized carbons (Fsp3) is 0.455. The minimum Gasteiger partial charge on any atom is -0.372 e. The van der Waals surface area contributed by atoms with Gasteiger partial charge in [-0.3, -0.25) is 19.8 Å². The molecule has 1 aliphatic heterocycles. The maximum Gasteiger partial charge on any atom is 0.270 e. The van der Waals surface area contributed by atoms with Gasteiger partial charge < -0.3 is 10.2 Å². The third-order valence-corrected chi connectivity index (χ3v) is 5.94. The van der Waals surface area contributed by atoms with Crippen LogP contribution in [0, 0.1) is 5.41 Å². The largest absolute Gasteiger partial charge is 0.372 e. The van der Waals surface area contributed by atoms with Gasteiger partial charge in [0, 0.05) is 42.4 Å². The van der Waals surface area contributed by atoms with Crippen LogP contribution in [0.4, 0.5) is 11.5 Å². The Morgan fingerprint density at radius 2 is 1.71 bits per heavy atom. The van der Waals surface area contributed by atoms with E-state index in [1.54, 1.807) is 0 Å². The van der Waals surface area contributed by atoms with Crippen LogP contribution in [-0.2, 0) is 4.79 Å². The Bertz CT molecular complexity index is 990. The van der Waals surface area contributed by atoms with Crippen LogP contribution in [0.5, 0.6) is 0 Å². The molecule has 4 rings (SSSR count). The first kappa shape index (κ1) is 18.6. The lowest BCUT2D eigenvalue weighted by Crippen LogP contribution is -2.35. The summed E-state index contributed by atoms with van der Waals surface area (Å²) in [7, 11) is 0. The number of aromatic amines is 2. The van der Waals surface area contributed by atoms with Crippen LogP contribution in [-0.4, -0.2) is 29.1 Å². The van der Waals surface area contributed by atoms with Crippen LogP contribution in [0.15, 0.2) is 40.3 Å². The lowest BCUT2D eigenvalue weighted by molar-refractivity contribution is -0.118. The zero-order chi connectivity index (χ0) is 20.1. The average Bonchev–Trinajstić information content (AvgIpc) is 3.01. The Hall–Kier alpha value is -2.76. The van der Waals surface area contributed by atoms with Gasteiger partial charge in [0.25, 0.3) is 5.56 Å². The summed E-state index contributed by atoms with van der Waals surface area (Å²) < 4.78 is 0. The Balaban J connectivity index is 1.83. The first-order valence-electron chi connectivity index (χ1n) is 10.0. The van der Waals surface area contributed by atoms with Gasteiger partial charge in [0.05, 0.1) is 5.56 Å². The minimum absolute atomic E-state index is 0.0891. The minimum atomic E-state index is -0.337. The van der Waals surface area contributed by atoms with Gasteiger partial charge in [-0.25, -0.2) is 0 Å². The number of aromatic nitrogens is 2. The molecule has 3 N–H and O–H groups in total. The summed E-state index contributed by atoms with van der Waals surface area (Å²) >= 11 is 0. The van der Waals surface area contributed by atoms with Gasteiger partial charge in [-0.05, 0) is 43.4 Å². The van der Waals surface area contributed by atoms with E-state index in [0.29, 0.717) is 17.8 Å². The molecule has 1 aromatic heterocycles. The number of fused-ring (bicyclic) bond motifs is 1. The smallest absolute Gasteiger partial charge is 0.270 e. The van der Waals surface area contributed by atoms with E-state index < -0.39 is 0 Å². The molecule has 1 atom stereocenters. The number of anilines is 2. The molecule has 0 bridgehead atoms. The van der Waals surface area contributed by atoms with E-state index in [1.165, 1.54) is 0 Å². The molecule has 1 aromatic carbocycles. The summed E-state index contributed by atoms with van der Waals surface area (Å²) in [5, 5.41) is 8.95. The second-order valence-electron chi connectivity index (χ2n) is 8.52. The molecule has 1 unspecified atom stereocenters. The SMILES string of the molecule is CCN(CC)c1ccc(C2C3=C(CC(C)(C)CC3=O)Nc3[nH][nH]c(=O)c32)cc1. The van der Waals surface area contributed by atoms with Crippen LogP contribution >= 0.6 is 0 Å². The number of nitrogens with zero attached hydrogens (tertiary/aromatic N) is 1. The molecule has 0 spiro atoms. The molecule has 0 radical (unpaired) electrons. The molecule has 0 saturated heterocycles. The highest BCUT2D eigenvalue weighted by atomic mass is 16.1. The van der Waals surface area contributed by atoms with Crippen molar-refractivity contribution in [1.82, 2.24) is 10.2 Å². The molecule has 2 aliphatic rings. The van der Waals surface area contributed by atoms with Crippen molar-refractivity contribution in [3.05, 3.63) is 57.0 Å². The zero-order valence-corrected chi connectivity index (χ0v) is 17.0. The van der Waals surface area contributed by atoms with Gasteiger partial charge in [-0.15, -0.1) is 0 Å². The first-order valence-corrected chi connectivity index (χ1v) is 10.0. The quantitative estimate of drug-likeness (QED) is 0.755. The summed E-state index contributed by atoms with van der Waals surface area (Å²) in [5.74, 6) is 0.463. The summed E-state index contributed by atoms with van der Waals surface area (Å²) in [6.45, 7) is 10.4. The lowest BCUT2D eigenvalue weighted by atomic mass is 9.69. The number of ketones is 1. The number of carbonyl (C=O) groups is 1. The monoisotopic (exact) mass is 380 g/mol. The highest BCUT2D eigenvalue weighted by molar-refractivity contribution is 6.01. The molecule has 1 aliphatic carbocycles. The number of H-pyrrole nitrogens is 2. The van der Waals surface area contributed by atoms with Crippen molar-refractivity contribution in [2.24, 2.45) is 5.41 Å². The van der Waals surface area contributed by atoms with E-state index in [4.69, 9.17) is 0 Å². The lowest BCUT2D eigenvalue weighted by Gasteiger charge is -2.38. The summed E-state index contributed by atoms with van der Waals surface area (Å²) in [6, 6.07) is 8.28. The predicted octanol–water partition coefficient (Wildman–Crippen LogP) is 3.75. The van der Waals surface area contributed by atoms with Gasteiger partial charge in [0.15, 0.2) is 5.78 Å². The van der Waals surface area contributed by atoms with Gasteiger partial charge in [0.1, 0.15) is 5.82 Å². The van der Waals surface area contributed by atoms with Crippen molar-refractivity contribution < 1.29 is 4.79 Å². The second-order valence-corrected chi connectivity index (χ2v) is 8.52. The molecule has 2 aromatic rings. The maximum atomic E-state index is 13.1. The number of rotatable bonds is 4. The van der Waals surface area contributed by atoms with Gasteiger partial charge in [0.2, 0.25) is 0 Å². The molecule has 0 amide bonds. The Labute approximate surface area is 165 Å². The molecule has 148 valence electrons.